The number of nitrogens with one attached hydrogen (secondary N) is 1. The molecule has 0 saturated carbocycles. The van der Waals surface area contributed by atoms with Gasteiger partial charge >= 0.3 is 0 Å². The third-order valence-electron chi connectivity index (χ3n) is 5.96. The molecule has 0 unspecified atom stereocenters. The van der Waals surface area contributed by atoms with Crippen molar-refractivity contribution in [2.24, 2.45) is 0 Å². The third kappa shape index (κ3) is 3.26. The van der Waals surface area contributed by atoms with Gasteiger partial charge in [-0.25, -0.2) is 4.98 Å². The zero-order valence-corrected chi connectivity index (χ0v) is 18.0. The van der Waals surface area contributed by atoms with Crippen LogP contribution in [0.4, 0.5) is 11.6 Å². The quantitative estimate of drug-likeness (QED) is 0.608. The van der Waals surface area contributed by atoms with Crippen molar-refractivity contribution in [3.8, 4) is 0 Å². The molecule has 0 bridgehead atoms. The summed E-state index contributed by atoms with van der Waals surface area (Å²) in [7, 11) is 1.71. The Labute approximate surface area is 176 Å². The maximum atomic E-state index is 13.0. The van der Waals surface area contributed by atoms with E-state index in [1.165, 1.54) is 4.90 Å². The van der Waals surface area contributed by atoms with Crippen LogP contribution in [0.5, 0.6) is 0 Å². The predicted octanol–water partition coefficient (Wildman–Crippen LogP) is 4.65. The van der Waals surface area contributed by atoms with E-state index in [4.69, 9.17) is 0 Å². The molecule has 0 atom stereocenters. The van der Waals surface area contributed by atoms with Gasteiger partial charge < -0.3 is 9.88 Å². The van der Waals surface area contributed by atoms with Gasteiger partial charge in [0.25, 0.3) is 5.91 Å². The lowest BCUT2D eigenvalue weighted by Crippen LogP contribution is -2.36. The van der Waals surface area contributed by atoms with Gasteiger partial charge in [0.2, 0.25) is 11.9 Å². The van der Waals surface area contributed by atoms with E-state index in [2.05, 4.69) is 16.9 Å². The number of aromatic amines is 1. The maximum absolute atomic E-state index is 13.0. The number of nitrogens with zero attached hydrogens (tertiary/aromatic N) is 3. The lowest BCUT2D eigenvalue weighted by atomic mass is 9.86. The first-order valence-corrected chi connectivity index (χ1v) is 10.5. The zero-order chi connectivity index (χ0) is 21.5. The molecule has 2 amide bonds. The minimum absolute atomic E-state index is 0.126. The summed E-state index contributed by atoms with van der Waals surface area (Å²) in [4.78, 5) is 37.2. The van der Waals surface area contributed by atoms with Crippen LogP contribution < -0.4 is 9.80 Å². The van der Waals surface area contributed by atoms with Gasteiger partial charge in [0.05, 0.1) is 22.1 Å². The second kappa shape index (κ2) is 7.59. The summed E-state index contributed by atoms with van der Waals surface area (Å²) in [5, 5.41) is 0. The number of aromatic nitrogens is 2. The van der Waals surface area contributed by atoms with E-state index in [-0.39, 0.29) is 11.8 Å². The zero-order valence-electron chi connectivity index (χ0n) is 18.0. The van der Waals surface area contributed by atoms with Crippen molar-refractivity contribution in [1.29, 1.82) is 0 Å². The second-order valence-corrected chi connectivity index (χ2v) is 8.47. The highest BCUT2D eigenvalue weighted by Crippen LogP contribution is 2.43. The first kappa shape index (κ1) is 20.1. The molecule has 156 valence electrons. The third-order valence-corrected chi connectivity index (χ3v) is 5.96. The van der Waals surface area contributed by atoms with Gasteiger partial charge in [0, 0.05) is 19.2 Å². The van der Waals surface area contributed by atoms with Crippen LogP contribution in [0.25, 0.3) is 11.0 Å². The molecule has 2 heterocycles. The summed E-state index contributed by atoms with van der Waals surface area (Å²) >= 11 is 0. The first-order chi connectivity index (χ1) is 14.3. The van der Waals surface area contributed by atoms with Crippen LogP contribution in [0, 0.1) is 0 Å². The van der Waals surface area contributed by atoms with Crippen LogP contribution >= 0.6 is 0 Å². The number of amides is 2. The molecule has 1 N–H and O–H groups in total. The normalized spacial score (nSPS) is 14.9. The first-order valence-electron chi connectivity index (χ1n) is 10.5. The summed E-state index contributed by atoms with van der Waals surface area (Å²) in [5.74, 6) is 0.501. The Morgan fingerprint density at radius 2 is 1.90 bits per heavy atom. The van der Waals surface area contributed by atoms with Gasteiger partial charge in [-0.3, -0.25) is 14.5 Å². The van der Waals surface area contributed by atoms with Crippen LogP contribution in [-0.4, -0.2) is 35.4 Å². The SMILES string of the molecule is CCCCCN1C(=O)C(C)(C)c2cc3[nH]c(N(C)C(=O)c4ccccc4)nc3cc21. The van der Waals surface area contributed by atoms with Crippen LogP contribution in [0.3, 0.4) is 0 Å². The summed E-state index contributed by atoms with van der Waals surface area (Å²) < 4.78 is 0. The minimum atomic E-state index is -0.577. The van der Waals surface area contributed by atoms with Crippen molar-refractivity contribution in [1.82, 2.24) is 9.97 Å². The number of carbonyl (C=O) groups excluding carboxylic acids is 2. The Balaban J connectivity index is 1.70. The molecule has 30 heavy (non-hydrogen) atoms. The molecule has 1 aliphatic rings. The van der Waals surface area contributed by atoms with Crippen LogP contribution in [0.15, 0.2) is 42.5 Å². The summed E-state index contributed by atoms with van der Waals surface area (Å²) in [6, 6.07) is 13.1. The molecular weight excluding hydrogens is 376 g/mol. The minimum Gasteiger partial charge on any atom is -0.324 e. The molecule has 3 aromatic rings. The Hall–Kier alpha value is -3.15. The fraction of sp³-hybridized carbons (Fsp3) is 0.375. The number of H-pyrrole nitrogens is 1. The van der Waals surface area contributed by atoms with Crippen molar-refractivity contribution in [3.05, 3.63) is 53.6 Å². The Bertz CT molecular complexity index is 1100. The van der Waals surface area contributed by atoms with Gasteiger partial charge in [-0.15, -0.1) is 0 Å². The number of unbranched alkanes of at least 4 members (excludes halogenated alkanes) is 2. The number of anilines is 2. The number of hydrogen-bond donors (Lipinski definition) is 1. The number of rotatable bonds is 6. The topological polar surface area (TPSA) is 69.3 Å². The van der Waals surface area contributed by atoms with Crippen molar-refractivity contribution >= 4 is 34.5 Å². The number of benzene rings is 2. The van der Waals surface area contributed by atoms with Crippen LogP contribution in [0.2, 0.25) is 0 Å². The monoisotopic (exact) mass is 404 g/mol. The smallest absolute Gasteiger partial charge is 0.260 e. The van der Waals surface area contributed by atoms with Crippen molar-refractivity contribution in [3.63, 3.8) is 0 Å². The molecule has 0 fully saturated rings. The molecular formula is C24H28N4O2. The van der Waals surface area contributed by atoms with Crippen LogP contribution in [-0.2, 0) is 10.2 Å². The highest BCUT2D eigenvalue weighted by molar-refractivity contribution is 6.10. The van der Waals surface area contributed by atoms with E-state index in [0.29, 0.717) is 11.5 Å². The summed E-state index contributed by atoms with van der Waals surface area (Å²) in [5.41, 5.74) is 3.55. The highest BCUT2D eigenvalue weighted by atomic mass is 16.2. The number of hydrogen-bond acceptors (Lipinski definition) is 3. The molecule has 2 aromatic carbocycles. The molecule has 1 aromatic heterocycles. The highest BCUT2D eigenvalue weighted by Gasteiger charge is 2.44. The average Bonchev–Trinajstić information content (AvgIpc) is 3.25. The van der Waals surface area contributed by atoms with Crippen molar-refractivity contribution < 1.29 is 9.59 Å². The summed E-state index contributed by atoms with van der Waals surface area (Å²) in [6.07, 6.45) is 3.19. The molecule has 6 heteroatoms. The number of fused-ring (bicyclic) bond motifs is 2. The van der Waals surface area contributed by atoms with E-state index in [1.807, 2.05) is 49.1 Å². The van der Waals surface area contributed by atoms with E-state index in [0.717, 1.165) is 48.1 Å². The molecule has 4 rings (SSSR count). The fourth-order valence-corrected chi connectivity index (χ4v) is 4.09. The van der Waals surface area contributed by atoms with Gasteiger partial charge in [-0.1, -0.05) is 38.0 Å². The Morgan fingerprint density at radius 1 is 1.17 bits per heavy atom. The van der Waals surface area contributed by atoms with Crippen molar-refractivity contribution in [2.45, 2.75) is 45.4 Å². The van der Waals surface area contributed by atoms with E-state index >= 15 is 0 Å². The molecule has 6 nitrogen and oxygen atoms in total. The van der Waals surface area contributed by atoms with Gasteiger partial charge in [0.15, 0.2) is 0 Å². The van der Waals surface area contributed by atoms with Gasteiger partial charge in [0.1, 0.15) is 0 Å². The Morgan fingerprint density at radius 3 is 2.60 bits per heavy atom. The predicted molar refractivity (Wildman–Crippen MR) is 120 cm³/mol. The van der Waals surface area contributed by atoms with Gasteiger partial charge in [-0.2, -0.15) is 0 Å². The average molecular weight is 405 g/mol. The molecule has 0 aliphatic carbocycles. The summed E-state index contributed by atoms with van der Waals surface area (Å²) in [6.45, 7) is 6.83. The number of carbonyl (C=O) groups is 2. The second-order valence-electron chi connectivity index (χ2n) is 8.47. The van der Waals surface area contributed by atoms with E-state index in [1.54, 1.807) is 19.2 Å². The Kier molecular flexibility index (Phi) is 5.10. The molecule has 1 aliphatic heterocycles. The lowest BCUT2D eigenvalue weighted by Gasteiger charge is -2.20. The maximum Gasteiger partial charge on any atom is 0.260 e. The van der Waals surface area contributed by atoms with Crippen LogP contribution in [0.1, 0.15) is 56.0 Å². The fourth-order valence-electron chi connectivity index (χ4n) is 4.09. The number of imidazole rings is 1. The van der Waals surface area contributed by atoms with E-state index < -0.39 is 5.41 Å². The standard InChI is InChI=1S/C24H28N4O2/c1-5-6-10-13-28-20-15-19-18(14-17(20)24(2,3)22(28)30)25-23(26-19)27(4)21(29)16-11-8-7-9-12-16/h7-9,11-12,14-15H,5-6,10,13H2,1-4H3,(H,25,26). The molecule has 0 spiro atoms. The lowest BCUT2D eigenvalue weighted by molar-refractivity contribution is -0.122. The van der Waals surface area contributed by atoms with E-state index in [9.17, 15) is 9.59 Å². The van der Waals surface area contributed by atoms with Gasteiger partial charge in [-0.05, 0) is 50.1 Å². The largest absolute Gasteiger partial charge is 0.324 e. The van der Waals surface area contributed by atoms with Crippen molar-refractivity contribution in [2.75, 3.05) is 23.4 Å². The molecule has 0 saturated heterocycles. The molecule has 0 radical (unpaired) electrons.